The minimum Gasteiger partial charge on any atom is -0.378 e. The van der Waals surface area contributed by atoms with Crippen molar-refractivity contribution in [2.24, 2.45) is 5.92 Å². The third kappa shape index (κ3) is 3.59. The van der Waals surface area contributed by atoms with Crippen molar-refractivity contribution in [3.8, 4) is 0 Å². The van der Waals surface area contributed by atoms with Crippen LogP contribution in [0, 0.1) is 5.92 Å². The number of ether oxygens (including phenoxy) is 2. The van der Waals surface area contributed by atoms with Crippen LogP contribution in [0.2, 0.25) is 0 Å². The Morgan fingerprint density at radius 2 is 2.05 bits per heavy atom. The number of nitrogens with zero attached hydrogens (tertiary/aromatic N) is 1. The van der Waals surface area contributed by atoms with Crippen LogP contribution in [0.25, 0.3) is 0 Å². The van der Waals surface area contributed by atoms with Crippen molar-refractivity contribution in [3.05, 3.63) is 0 Å². The van der Waals surface area contributed by atoms with Crippen molar-refractivity contribution in [2.75, 3.05) is 26.3 Å². The molecule has 0 bridgehead atoms. The Hall–Kier alpha value is -0.610. The summed E-state index contributed by atoms with van der Waals surface area (Å²) in [5.41, 5.74) is -0.0952. The summed E-state index contributed by atoms with van der Waals surface area (Å²) in [6.45, 7) is 5.31. The minimum atomic E-state index is -0.0952. The molecule has 0 aromatic heterocycles. The molecule has 1 spiro atoms. The number of rotatable bonds is 5. The van der Waals surface area contributed by atoms with Crippen LogP contribution in [0.3, 0.4) is 0 Å². The second-order valence-corrected chi connectivity index (χ2v) is 7.13. The maximum absolute atomic E-state index is 11.9. The van der Waals surface area contributed by atoms with E-state index in [0.29, 0.717) is 12.5 Å². The molecule has 0 radical (unpaired) electrons. The van der Waals surface area contributed by atoms with Gasteiger partial charge in [0.25, 0.3) is 0 Å². The fourth-order valence-corrected chi connectivity index (χ4v) is 3.99. The summed E-state index contributed by atoms with van der Waals surface area (Å²) in [6.07, 6.45) is 9.34. The molecule has 1 amide bonds. The predicted molar refractivity (Wildman–Crippen MR) is 81.1 cm³/mol. The summed E-state index contributed by atoms with van der Waals surface area (Å²) >= 11 is 0. The molecule has 1 saturated carbocycles. The summed E-state index contributed by atoms with van der Waals surface area (Å²) in [6, 6.07) is 0. The average Bonchev–Trinajstić information content (AvgIpc) is 2.96. The van der Waals surface area contributed by atoms with E-state index >= 15 is 0 Å². The summed E-state index contributed by atoms with van der Waals surface area (Å²) < 4.78 is 12.1. The van der Waals surface area contributed by atoms with E-state index in [0.717, 1.165) is 51.5 Å². The number of amides is 1. The highest BCUT2D eigenvalue weighted by molar-refractivity contribution is 5.77. The van der Waals surface area contributed by atoms with Crippen molar-refractivity contribution < 1.29 is 14.3 Å². The van der Waals surface area contributed by atoms with Crippen molar-refractivity contribution in [1.29, 1.82) is 0 Å². The number of carbonyl (C=O) groups excluding carboxylic acids is 1. The maximum Gasteiger partial charge on any atom is 0.222 e. The molecular weight excluding hydrogens is 266 g/mol. The molecule has 2 aliphatic heterocycles. The van der Waals surface area contributed by atoms with Gasteiger partial charge in [-0.15, -0.1) is 0 Å². The average molecular weight is 295 g/mol. The highest BCUT2D eigenvalue weighted by atomic mass is 16.5. The summed E-state index contributed by atoms with van der Waals surface area (Å²) in [5.74, 6) is 1.06. The number of hydrogen-bond acceptors (Lipinski definition) is 3. The van der Waals surface area contributed by atoms with E-state index in [-0.39, 0.29) is 11.5 Å². The van der Waals surface area contributed by atoms with Crippen LogP contribution in [-0.2, 0) is 14.3 Å². The summed E-state index contributed by atoms with van der Waals surface area (Å²) in [4.78, 5) is 13.8. The third-order valence-corrected chi connectivity index (χ3v) is 5.26. The van der Waals surface area contributed by atoms with Gasteiger partial charge in [-0.1, -0.05) is 19.8 Å². The smallest absolute Gasteiger partial charge is 0.222 e. The Bertz CT molecular complexity index is 359. The maximum atomic E-state index is 11.9. The van der Waals surface area contributed by atoms with E-state index < -0.39 is 0 Å². The number of hydrogen-bond donors (Lipinski definition) is 0. The lowest BCUT2D eigenvalue weighted by atomic mass is 9.84. The lowest BCUT2D eigenvalue weighted by Crippen LogP contribution is -2.67. The zero-order chi connectivity index (χ0) is 14.7. The van der Waals surface area contributed by atoms with Gasteiger partial charge in [-0.25, -0.2) is 0 Å². The minimum absolute atomic E-state index is 0.0952. The van der Waals surface area contributed by atoms with Gasteiger partial charge < -0.3 is 14.4 Å². The van der Waals surface area contributed by atoms with Crippen LogP contribution in [-0.4, -0.2) is 48.8 Å². The monoisotopic (exact) mass is 295 g/mol. The lowest BCUT2D eigenvalue weighted by molar-refractivity contribution is -0.202. The van der Waals surface area contributed by atoms with Gasteiger partial charge in [0.15, 0.2) is 0 Å². The Morgan fingerprint density at radius 1 is 1.29 bits per heavy atom. The molecule has 0 aromatic rings. The van der Waals surface area contributed by atoms with Gasteiger partial charge in [-0.2, -0.15) is 0 Å². The molecule has 2 heterocycles. The van der Waals surface area contributed by atoms with E-state index in [2.05, 4.69) is 6.92 Å². The third-order valence-electron chi connectivity index (χ3n) is 5.26. The Labute approximate surface area is 128 Å². The Morgan fingerprint density at radius 3 is 2.76 bits per heavy atom. The van der Waals surface area contributed by atoms with Crippen LogP contribution < -0.4 is 0 Å². The van der Waals surface area contributed by atoms with E-state index in [9.17, 15) is 4.79 Å². The van der Waals surface area contributed by atoms with Crippen molar-refractivity contribution in [1.82, 2.24) is 4.90 Å². The van der Waals surface area contributed by atoms with E-state index in [1.54, 1.807) is 0 Å². The van der Waals surface area contributed by atoms with Gasteiger partial charge in [0.1, 0.15) is 5.60 Å². The molecule has 4 heteroatoms. The molecule has 4 nitrogen and oxygen atoms in total. The molecule has 0 N–H and O–H groups in total. The highest BCUT2D eigenvalue weighted by Crippen LogP contribution is 2.36. The molecule has 120 valence electrons. The van der Waals surface area contributed by atoms with Crippen molar-refractivity contribution >= 4 is 5.91 Å². The molecule has 1 atom stereocenters. The molecule has 3 fully saturated rings. The second kappa shape index (κ2) is 6.66. The summed E-state index contributed by atoms with van der Waals surface area (Å²) in [7, 11) is 0. The van der Waals surface area contributed by atoms with Gasteiger partial charge in [-0.3, -0.25) is 4.79 Å². The normalized spacial score (nSPS) is 28.8. The number of carbonyl (C=O) groups is 1. The van der Waals surface area contributed by atoms with E-state index in [4.69, 9.17) is 9.47 Å². The van der Waals surface area contributed by atoms with Crippen molar-refractivity contribution in [3.63, 3.8) is 0 Å². The van der Waals surface area contributed by atoms with Gasteiger partial charge in [-0.05, 0) is 31.6 Å². The first-order chi connectivity index (χ1) is 10.2. The van der Waals surface area contributed by atoms with Gasteiger partial charge in [0.2, 0.25) is 5.91 Å². The van der Waals surface area contributed by atoms with Gasteiger partial charge in [0, 0.05) is 26.1 Å². The van der Waals surface area contributed by atoms with Gasteiger partial charge >= 0.3 is 0 Å². The lowest BCUT2D eigenvalue weighted by Gasteiger charge is -2.53. The fourth-order valence-electron chi connectivity index (χ4n) is 3.99. The van der Waals surface area contributed by atoms with Crippen molar-refractivity contribution in [2.45, 2.75) is 70.0 Å². The van der Waals surface area contributed by atoms with Crippen LogP contribution >= 0.6 is 0 Å². The molecule has 2 saturated heterocycles. The van der Waals surface area contributed by atoms with Crippen LogP contribution in [0.1, 0.15) is 58.3 Å². The zero-order valence-electron chi connectivity index (χ0n) is 13.3. The van der Waals surface area contributed by atoms with E-state index in [1.165, 1.54) is 25.7 Å². The molecule has 3 rings (SSSR count). The van der Waals surface area contributed by atoms with Gasteiger partial charge in [0.05, 0.1) is 19.2 Å². The topological polar surface area (TPSA) is 38.8 Å². The first kappa shape index (κ1) is 15.3. The van der Waals surface area contributed by atoms with Crippen LogP contribution in [0.5, 0.6) is 0 Å². The predicted octanol–water partition coefficient (Wildman–Crippen LogP) is 2.75. The largest absolute Gasteiger partial charge is 0.378 e. The molecule has 1 aliphatic carbocycles. The SMILES string of the molecule is CCCC(=O)N1CC2(CC(OCC3CCCC3)CCO2)C1. The van der Waals surface area contributed by atoms with Crippen LogP contribution in [0.4, 0.5) is 0 Å². The quantitative estimate of drug-likeness (QED) is 0.783. The van der Waals surface area contributed by atoms with E-state index in [1.807, 2.05) is 4.90 Å². The first-order valence-electron chi connectivity index (χ1n) is 8.74. The zero-order valence-corrected chi connectivity index (χ0v) is 13.3. The molecule has 1 unspecified atom stereocenters. The molecule has 0 aromatic carbocycles. The first-order valence-corrected chi connectivity index (χ1v) is 8.74. The molecular formula is C17H29NO3. The molecule has 21 heavy (non-hydrogen) atoms. The second-order valence-electron chi connectivity index (χ2n) is 7.13. The fraction of sp³-hybridized carbons (Fsp3) is 0.941. The molecule has 3 aliphatic rings. The standard InChI is InChI=1S/C17H29NO3/c1-2-5-16(19)18-12-17(13-18)10-15(8-9-21-17)20-11-14-6-3-4-7-14/h14-15H,2-13H2,1H3. The number of likely N-dealkylation sites (tertiary alicyclic amines) is 1. The summed E-state index contributed by atoms with van der Waals surface area (Å²) in [5, 5.41) is 0. The van der Waals surface area contributed by atoms with Crippen LogP contribution in [0.15, 0.2) is 0 Å². The Kier molecular flexibility index (Phi) is 4.85. The Balaban J connectivity index is 1.42. The highest BCUT2D eigenvalue weighted by Gasteiger charge is 2.49.